The summed E-state index contributed by atoms with van der Waals surface area (Å²) in [5.41, 5.74) is 0. The molecule has 2 saturated heterocycles. The van der Waals surface area contributed by atoms with E-state index in [9.17, 15) is 18.0 Å². The van der Waals surface area contributed by atoms with Crippen LogP contribution in [-0.4, -0.2) is 67.0 Å². The summed E-state index contributed by atoms with van der Waals surface area (Å²) in [5, 5.41) is 2.74. The molecule has 0 radical (unpaired) electrons. The number of hydrogen-bond acceptors (Lipinski definition) is 5. The van der Waals surface area contributed by atoms with E-state index in [1.54, 1.807) is 0 Å². The van der Waals surface area contributed by atoms with Crippen molar-refractivity contribution < 1.29 is 18.0 Å². The standard InChI is InChI=1S/C16H29N3O4S/c1-11(2)7-14-15(20)19(16(21)17-14)10-18(8-12(3)4)13-5-6-24(22,23)9-13/h11-14H,5-10H2,1-4H3,(H,17,21). The first kappa shape index (κ1) is 19.2. The van der Waals surface area contributed by atoms with Gasteiger partial charge in [-0.25, -0.2) is 18.1 Å². The average molecular weight is 359 g/mol. The van der Waals surface area contributed by atoms with E-state index in [1.807, 2.05) is 32.6 Å². The molecule has 0 aromatic rings. The number of hydrogen-bond donors (Lipinski definition) is 1. The van der Waals surface area contributed by atoms with Crippen molar-refractivity contribution >= 4 is 21.8 Å². The summed E-state index contributed by atoms with van der Waals surface area (Å²) in [6, 6.07) is -0.965. The molecular formula is C16H29N3O4S. The van der Waals surface area contributed by atoms with Crippen LogP contribution in [0.2, 0.25) is 0 Å². The molecule has 2 atom stereocenters. The lowest BCUT2D eigenvalue weighted by molar-refractivity contribution is -0.129. The van der Waals surface area contributed by atoms with Gasteiger partial charge in [0.15, 0.2) is 9.84 Å². The number of nitrogens with zero attached hydrogens (tertiary/aromatic N) is 2. The predicted molar refractivity (Wildman–Crippen MR) is 92.1 cm³/mol. The zero-order chi connectivity index (χ0) is 18.1. The topological polar surface area (TPSA) is 86.8 Å². The van der Waals surface area contributed by atoms with Crippen LogP contribution < -0.4 is 5.32 Å². The minimum Gasteiger partial charge on any atom is -0.326 e. The first-order valence-corrected chi connectivity index (χ1v) is 10.5. The minimum atomic E-state index is -3.01. The van der Waals surface area contributed by atoms with E-state index in [0.717, 1.165) is 0 Å². The molecule has 0 saturated carbocycles. The summed E-state index contributed by atoms with van der Waals surface area (Å²) >= 11 is 0. The minimum absolute atomic E-state index is 0.110. The van der Waals surface area contributed by atoms with Crippen molar-refractivity contribution in [1.29, 1.82) is 0 Å². The molecule has 0 aromatic carbocycles. The molecule has 7 nitrogen and oxygen atoms in total. The van der Waals surface area contributed by atoms with E-state index in [1.165, 1.54) is 4.90 Å². The lowest BCUT2D eigenvalue weighted by atomic mass is 10.0. The van der Waals surface area contributed by atoms with Gasteiger partial charge in [0.25, 0.3) is 5.91 Å². The highest BCUT2D eigenvalue weighted by atomic mass is 32.2. The van der Waals surface area contributed by atoms with Gasteiger partial charge in [0.05, 0.1) is 18.2 Å². The second-order valence-electron chi connectivity index (χ2n) is 7.76. The Morgan fingerprint density at radius 2 is 1.88 bits per heavy atom. The normalized spacial score (nSPS) is 26.9. The molecule has 0 aromatic heterocycles. The summed E-state index contributed by atoms with van der Waals surface area (Å²) in [5.74, 6) is 0.719. The Balaban J connectivity index is 2.09. The van der Waals surface area contributed by atoms with Crippen molar-refractivity contribution in [3.8, 4) is 0 Å². The third-order valence-corrected chi connectivity index (χ3v) is 6.21. The molecule has 1 N–H and O–H groups in total. The van der Waals surface area contributed by atoms with Gasteiger partial charge in [-0.15, -0.1) is 0 Å². The Kier molecular flexibility index (Phi) is 5.91. The zero-order valence-electron chi connectivity index (χ0n) is 15.0. The van der Waals surface area contributed by atoms with Gasteiger partial charge < -0.3 is 5.32 Å². The molecule has 0 spiro atoms. The van der Waals surface area contributed by atoms with Crippen LogP contribution in [0.3, 0.4) is 0 Å². The molecule has 24 heavy (non-hydrogen) atoms. The van der Waals surface area contributed by atoms with Crippen LogP contribution >= 0.6 is 0 Å². The molecule has 2 heterocycles. The fourth-order valence-electron chi connectivity index (χ4n) is 3.38. The zero-order valence-corrected chi connectivity index (χ0v) is 15.8. The first-order valence-electron chi connectivity index (χ1n) is 8.65. The molecule has 0 bridgehead atoms. The van der Waals surface area contributed by atoms with Crippen LogP contribution in [0.1, 0.15) is 40.5 Å². The molecule has 2 rings (SSSR count). The lowest BCUT2D eigenvalue weighted by Gasteiger charge is -2.32. The maximum Gasteiger partial charge on any atom is 0.325 e. The van der Waals surface area contributed by atoms with Gasteiger partial charge >= 0.3 is 6.03 Å². The molecule has 2 fully saturated rings. The maximum atomic E-state index is 12.5. The summed E-state index contributed by atoms with van der Waals surface area (Å²) < 4.78 is 23.6. The van der Waals surface area contributed by atoms with E-state index < -0.39 is 15.9 Å². The van der Waals surface area contributed by atoms with Crippen LogP contribution in [0, 0.1) is 11.8 Å². The summed E-state index contributed by atoms with van der Waals surface area (Å²) in [6.07, 6.45) is 1.18. The summed E-state index contributed by atoms with van der Waals surface area (Å²) in [6.45, 7) is 8.94. The Morgan fingerprint density at radius 3 is 2.38 bits per heavy atom. The number of imide groups is 1. The van der Waals surface area contributed by atoms with Crippen LogP contribution in [0.4, 0.5) is 4.79 Å². The van der Waals surface area contributed by atoms with E-state index >= 15 is 0 Å². The quantitative estimate of drug-likeness (QED) is 0.687. The first-order chi connectivity index (χ1) is 11.1. The number of amides is 3. The smallest absolute Gasteiger partial charge is 0.325 e. The van der Waals surface area contributed by atoms with Crippen molar-refractivity contribution in [2.45, 2.75) is 52.6 Å². The van der Waals surface area contributed by atoms with Crippen molar-refractivity contribution in [2.75, 3.05) is 24.7 Å². The predicted octanol–water partition coefficient (Wildman–Crippen LogP) is 1.06. The molecule has 3 amide bonds. The molecule has 2 aliphatic heterocycles. The Labute approximate surface area is 144 Å². The van der Waals surface area contributed by atoms with Gasteiger partial charge in [-0.2, -0.15) is 0 Å². The van der Waals surface area contributed by atoms with Crippen LogP contribution in [0.25, 0.3) is 0 Å². The van der Waals surface area contributed by atoms with Crippen LogP contribution in [0.5, 0.6) is 0 Å². The molecule has 0 aliphatic carbocycles. The fraction of sp³-hybridized carbons (Fsp3) is 0.875. The van der Waals surface area contributed by atoms with Gasteiger partial charge in [-0.1, -0.05) is 27.7 Å². The number of carbonyl (C=O) groups is 2. The summed E-state index contributed by atoms with van der Waals surface area (Å²) in [4.78, 5) is 27.9. The molecule has 8 heteroatoms. The second kappa shape index (κ2) is 7.39. The van der Waals surface area contributed by atoms with Gasteiger partial charge in [-0.3, -0.25) is 9.69 Å². The Hall–Kier alpha value is -1.15. The highest BCUT2D eigenvalue weighted by Crippen LogP contribution is 2.21. The molecule has 2 aliphatic rings. The van der Waals surface area contributed by atoms with E-state index in [0.29, 0.717) is 31.2 Å². The third kappa shape index (κ3) is 4.69. The SMILES string of the molecule is CC(C)CC1NC(=O)N(CN(CC(C)C)C2CCS(=O)(=O)C2)C1=O. The van der Waals surface area contributed by atoms with Gasteiger partial charge in [0.1, 0.15) is 6.04 Å². The van der Waals surface area contributed by atoms with Crippen molar-refractivity contribution in [3.05, 3.63) is 0 Å². The number of rotatable bonds is 7. The Bertz CT molecular complexity index is 588. The number of sulfone groups is 1. The van der Waals surface area contributed by atoms with Crippen LogP contribution in [0.15, 0.2) is 0 Å². The second-order valence-corrected chi connectivity index (χ2v) is 9.99. The summed E-state index contributed by atoms with van der Waals surface area (Å²) in [7, 11) is -3.01. The number of nitrogens with one attached hydrogen (secondary N) is 1. The number of urea groups is 1. The third-order valence-electron chi connectivity index (χ3n) is 4.46. The lowest BCUT2D eigenvalue weighted by Crippen LogP contribution is -2.48. The molecule has 138 valence electrons. The molecular weight excluding hydrogens is 330 g/mol. The van der Waals surface area contributed by atoms with Gasteiger partial charge in [0, 0.05) is 12.6 Å². The van der Waals surface area contributed by atoms with Crippen molar-refractivity contribution in [2.24, 2.45) is 11.8 Å². The van der Waals surface area contributed by atoms with E-state index in [4.69, 9.17) is 0 Å². The van der Waals surface area contributed by atoms with E-state index in [2.05, 4.69) is 5.32 Å². The maximum absolute atomic E-state index is 12.5. The van der Waals surface area contributed by atoms with Gasteiger partial charge in [-0.05, 0) is 24.7 Å². The average Bonchev–Trinajstić information content (AvgIpc) is 2.91. The van der Waals surface area contributed by atoms with Crippen molar-refractivity contribution in [3.63, 3.8) is 0 Å². The highest BCUT2D eigenvalue weighted by molar-refractivity contribution is 7.91. The number of carbonyl (C=O) groups excluding carboxylic acids is 2. The van der Waals surface area contributed by atoms with Crippen LogP contribution in [-0.2, 0) is 14.6 Å². The molecule has 2 unspecified atom stereocenters. The van der Waals surface area contributed by atoms with Gasteiger partial charge in [0.2, 0.25) is 0 Å². The van der Waals surface area contributed by atoms with Crippen molar-refractivity contribution in [1.82, 2.24) is 15.1 Å². The largest absolute Gasteiger partial charge is 0.326 e. The monoisotopic (exact) mass is 359 g/mol. The highest BCUT2D eigenvalue weighted by Gasteiger charge is 2.41. The fourth-order valence-corrected chi connectivity index (χ4v) is 5.14. The Morgan fingerprint density at radius 1 is 1.21 bits per heavy atom. The van der Waals surface area contributed by atoms with E-state index in [-0.39, 0.29) is 36.2 Å².